The highest BCUT2D eigenvalue weighted by atomic mass is 16.7. The summed E-state index contributed by atoms with van der Waals surface area (Å²) in [6, 6.07) is 15.0. The molecule has 0 spiro atoms. The van der Waals surface area contributed by atoms with Gasteiger partial charge in [0.05, 0.1) is 18.8 Å². The summed E-state index contributed by atoms with van der Waals surface area (Å²) < 4.78 is 11.4. The highest BCUT2D eigenvalue weighted by Gasteiger charge is 2.24. The van der Waals surface area contributed by atoms with E-state index in [1.165, 1.54) is 0 Å². The van der Waals surface area contributed by atoms with Crippen LogP contribution in [0, 0.1) is 0 Å². The van der Waals surface area contributed by atoms with Gasteiger partial charge >= 0.3 is 0 Å². The Hall–Kier alpha value is -3.41. The van der Waals surface area contributed by atoms with Crippen molar-refractivity contribution in [1.29, 1.82) is 0 Å². The first-order valence-corrected chi connectivity index (χ1v) is 7.85. The molecule has 1 atom stereocenters. The molecule has 4 rings (SSSR count). The normalized spacial score (nSPS) is 16.0. The molecule has 1 aromatic carbocycles. The summed E-state index contributed by atoms with van der Waals surface area (Å²) in [6.45, 7) is 0. The third kappa shape index (κ3) is 3.74. The van der Waals surface area contributed by atoms with Crippen molar-refractivity contribution in [3.8, 4) is 17.2 Å². The van der Waals surface area contributed by atoms with Crippen molar-refractivity contribution in [3.63, 3.8) is 0 Å². The van der Waals surface area contributed by atoms with Gasteiger partial charge in [-0.2, -0.15) is 0 Å². The van der Waals surface area contributed by atoms with Crippen molar-refractivity contribution in [2.24, 2.45) is 5.16 Å². The minimum absolute atomic E-state index is 0.167. The molecule has 3 heterocycles. The lowest BCUT2D eigenvalue weighted by atomic mass is 10.1. The summed E-state index contributed by atoms with van der Waals surface area (Å²) >= 11 is 0. The molecule has 0 amide bonds. The lowest BCUT2D eigenvalue weighted by molar-refractivity contribution is 0.0855. The zero-order chi connectivity index (χ0) is 16.9. The molecular formula is C19H15N3O3. The van der Waals surface area contributed by atoms with E-state index in [-0.39, 0.29) is 6.10 Å². The van der Waals surface area contributed by atoms with Crippen LogP contribution in [0.25, 0.3) is 0 Å². The van der Waals surface area contributed by atoms with E-state index >= 15 is 0 Å². The van der Waals surface area contributed by atoms with Crippen molar-refractivity contribution in [2.45, 2.75) is 12.5 Å². The Labute approximate surface area is 144 Å². The first-order valence-electron chi connectivity index (χ1n) is 7.85. The number of oxime groups is 1. The monoisotopic (exact) mass is 333 g/mol. The predicted molar refractivity (Wildman–Crippen MR) is 91.5 cm³/mol. The largest absolute Gasteiger partial charge is 0.456 e. The molecule has 0 unspecified atom stereocenters. The van der Waals surface area contributed by atoms with Crippen molar-refractivity contribution < 1.29 is 14.3 Å². The molecule has 0 saturated carbocycles. The summed E-state index contributed by atoms with van der Waals surface area (Å²) in [5.41, 5.74) is 1.01. The van der Waals surface area contributed by atoms with Crippen LogP contribution >= 0.6 is 0 Å². The molecule has 6 heteroatoms. The van der Waals surface area contributed by atoms with Crippen molar-refractivity contribution in [2.75, 3.05) is 0 Å². The fourth-order valence-corrected chi connectivity index (χ4v) is 2.43. The Kier molecular flexibility index (Phi) is 4.24. The first-order chi connectivity index (χ1) is 12.4. The molecule has 1 aliphatic heterocycles. The van der Waals surface area contributed by atoms with Crippen LogP contribution in [0.5, 0.6) is 17.2 Å². The fourth-order valence-electron chi connectivity index (χ4n) is 2.43. The van der Waals surface area contributed by atoms with Crippen LogP contribution in [0.2, 0.25) is 0 Å². The molecular weight excluding hydrogens is 318 g/mol. The maximum atomic E-state index is 5.73. The van der Waals surface area contributed by atoms with Gasteiger partial charge in [-0.3, -0.25) is 9.97 Å². The quantitative estimate of drug-likeness (QED) is 0.718. The molecule has 0 fully saturated rings. The smallest absolute Gasteiger partial charge is 0.235 e. The Morgan fingerprint density at radius 3 is 2.12 bits per heavy atom. The maximum Gasteiger partial charge on any atom is 0.235 e. The third-order valence-corrected chi connectivity index (χ3v) is 3.63. The van der Waals surface area contributed by atoms with Gasteiger partial charge < -0.3 is 14.3 Å². The molecule has 0 radical (unpaired) electrons. The van der Waals surface area contributed by atoms with E-state index in [0.29, 0.717) is 23.8 Å². The van der Waals surface area contributed by atoms with E-state index in [4.69, 9.17) is 14.3 Å². The summed E-state index contributed by atoms with van der Waals surface area (Å²) in [5, 5.41) is 4.01. The van der Waals surface area contributed by atoms with Gasteiger partial charge in [-0.15, -0.1) is 0 Å². The molecule has 0 N–H and O–H groups in total. The van der Waals surface area contributed by atoms with Gasteiger partial charge in [0.15, 0.2) is 6.10 Å². The molecule has 1 aliphatic rings. The Balaban J connectivity index is 1.37. The van der Waals surface area contributed by atoms with Crippen molar-refractivity contribution in [1.82, 2.24) is 9.97 Å². The summed E-state index contributed by atoms with van der Waals surface area (Å²) in [5.74, 6) is 2.62. The van der Waals surface area contributed by atoms with Crippen LogP contribution in [0.3, 0.4) is 0 Å². The lowest BCUT2D eigenvalue weighted by Gasteiger charge is -2.10. The number of pyridine rings is 2. The Bertz CT molecular complexity index is 852. The van der Waals surface area contributed by atoms with Gasteiger partial charge in [-0.05, 0) is 42.0 Å². The summed E-state index contributed by atoms with van der Waals surface area (Å²) in [4.78, 5) is 13.5. The molecule has 124 valence electrons. The van der Waals surface area contributed by atoms with Crippen molar-refractivity contribution >= 4 is 5.90 Å². The number of nitrogens with zero attached hydrogens (tertiary/aromatic N) is 3. The number of hydrogen-bond acceptors (Lipinski definition) is 6. The average molecular weight is 333 g/mol. The highest BCUT2D eigenvalue weighted by Crippen LogP contribution is 2.30. The van der Waals surface area contributed by atoms with Gasteiger partial charge in [-0.25, -0.2) is 0 Å². The van der Waals surface area contributed by atoms with Gasteiger partial charge in [0.2, 0.25) is 5.90 Å². The number of ether oxygens (including phenoxy) is 2. The van der Waals surface area contributed by atoms with Gasteiger partial charge in [0, 0.05) is 12.4 Å². The molecule has 0 bridgehead atoms. The topological polar surface area (TPSA) is 65.8 Å². The Morgan fingerprint density at radius 1 is 0.800 bits per heavy atom. The van der Waals surface area contributed by atoms with Gasteiger partial charge in [0.25, 0.3) is 0 Å². The zero-order valence-electron chi connectivity index (χ0n) is 13.3. The Morgan fingerprint density at radius 2 is 1.48 bits per heavy atom. The number of hydrogen-bond donors (Lipinski definition) is 0. The van der Waals surface area contributed by atoms with Gasteiger partial charge in [0.1, 0.15) is 17.2 Å². The van der Waals surface area contributed by atoms with Crippen molar-refractivity contribution in [3.05, 3.63) is 78.9 Å². The van der Waals surface area contributed by atoms with Crippen LogP contribution in [0.1, 0.15) is 18.1 Å². The molecule has 25 heavy (non-hydrogen) atoms. The third-order valence-electron chi connectivity index (χ3n) is 3.63. The maximum absolute atomic E-state index is 5.73. The second kappa shape index (κ2) is 7.00. The van der Waals surface area contributed by atoms with Crippen LogP contribution in [0.15, 0.2) is 78.5 Å². The van der Waals surface area contributed by atoms with E-state index in [1.807, 2.05) is 48.5 Å². The minimum Gasteiger partial charge on any atom is -0.456 e. The van der Waals surface area contributed by atoms with Crippen LogP contribution in [-0.4, -0.2) is 15.9 Å². The summed E-state index contributed by atoms with van der Waals surface area (Å²) in [6.07, 6.45) is 7.11. The van der Waals surface area contributed by atoms with E-state index in [1.54, 1.807) is 24.8 Å². The van der Waals surface area contributed by atoms with E-state index in [0.717, 1.165) is 11.3 Å². The second-order valence-electron chi connectivity index (χ2n) is 5.43. The predicted octanol–water partition coefficient (Wildman–Crippen LogP) is 4.12. The molecule has 0 saturated heterocycles. The average Bonchev–Trinajstić information content (AvgIpc) is 3.12. The minimum atomic E-state index is -0.167. The van der Waals surface area contributed by atoms with Crippen LogP contribution < -0.4 is 9.47 Å². The van der Waals surface area contributed by atoms with Gasteiger partial charge in [-0.1, -0.05) is 17.3 Å². The SMILES string of the molecule is c1cncc(OC2=NO[C@H](c3ccc(Oc4cccnc4)cc3)C2)c1. The number of aromatic nitrogens is 2. The zero-order valence-corrected chi connectivity index (χ0v) is 13.3. The highest BCUT2D eigenvalue weighted by molar-refractivity contribution is 5.79. The van der Waals surface area contributed by atoms with Crippen LogP contribution in [0.4, 0.5) is 0 Å². The second-order valence-corrected chi connectivity index (χ2v) is 5.43. The number of rotatable bonds is 4. The number of benzene rings is 1. The molecule has 3 aromatic rings. The van der Waals surface area contributed by atoms with E-state index in [2.05, 4.69) is 15.1 Å². The molecule has 6 nitrogen and oxygen atoms in total. The van der Waals surface area contributed by atoms with Crippen LogP contribution in [-0.2, 0) is 4.84 Å². The fraction of sp³-hybridized carbons (Fsp3) is 0.105. The standard InChI is InChI=1S/C19H15N3O3/c1-3-16(12-20-9-1)23-15-7-5-14(6-8-15)18-11-19(22-25-18)24-17-4-2-10-21-13-17/h1-10,12-13,18H,11H2/t18-/m0/s1. The molecule has 0 aliphatic carbocycles. The van der Waals surface area contributed by atoms with E-state index in [9.17, 15) is 0 Å². The molecule has 2 aromatic heterocycles. The first kappa shape index (κ1) is 15.1. The summed E-state index contributed by atoms with van der Waals surface area (Å²) in [7, 11) is 0. The van der Waals surface area contributed by atoms with E-state index < -0.39 is 0 Å². The lowest BCUT2D eigenvalue weighted by Crippen LogP contribution is -2.07.